The predicted octanol–water partition coefficient (Wildman–Crippen LogP) is 4.39. The maximum absolute atomic E-state index is 12.7. The van der Waals surface area contributed by atoms with E-state index in [1.807, 2.05) is 54.0 Å². The van der Waals surface area contributed by atoms with Crippen molar-refractivity contribution in [3.8, 4) is 11.3 Å². The van der Waals surface area contributed by atoms with Gasteiger partial charge in [0.15, 0.2) is 5.58 Å². The second-order valence-electron chi connectivity index (χ2n) is 7.16. The van der Waals surface area contributed by atoms with E-state index in [1.54, 1.807) is 30.3 Å². The molecule has 0 aliphatic rings. The molecule has 0 saturated carbocycles. The van der Waals surface area contributed by atoms with Crippen LogP contribution in [-0.2, 0) is 15.8 Å². The first kappa shape index (κ1) is 18.4. The molecule has 1 N–H and O–H groups in total. The van der Waals surface area contributed by atoms with E-state index < -0.39 is 10.0 Å². The van der Waals surface area contributed by atoms with Gasteiger partial charge < -0.3 is 8.92 Å². The molecular weight excluding hydrogens is 400 g/mol. The minimum atomic E-state index is -3.68. The molecule has 0 fully saturated rings. The van der Waals surface area contributed by atoms with Crippen LogP contribution in [-0.4, -0.2) is 23.0 Å². The lowest BCUT2D eigenvalue weighted by Crippen LogP contribution is -2.15. The van der Waals surface area contributed by atoms with Crippen LogP contribution in [0.1, 0.15) is 11.3 Å². The zero-order valence-electron chi connectivity index (χ0n) is 16.1. The second kappa shape index (κ2) is 7.00. The molecule has 0 bridgehead atoms. The number of nitrogens with zero attached hydrogens (tertiary/aromatic N) is 3. The summed E-state index contributed by atoms with van der Waals surface area (Å²) in [5, 5.41) is 4.60. The summed E-state index contributed by atoms with van der Waals surface area (Å²) in [5.41, 5.74) is 4.97. The quantitative estimate of drug-likeness (QED) is 0.457. The fourth-order valence-corrected chi connectivity index (χ4v) is 4.53. The molecule has 0 saturated heterocycles. The second-order valence-corrected chi connectivity index (χ2v) is 8.89. The molecule has 8 heteroatoms. The van der Waals surface area contributed by atoms with Crippen LogP contribution >= 0.6 is 0 Å². The number of anilines is 1. The predicted molar refractivity (Wildman–Crippen MR) is 116 cm³/mol. The van der Waals surface area contributed by atoms with Crippen LogP contribution in [0.3, 0.4) is 0 Å². The van der Waals surface area contributed by atoms with Gasteiger partial charge in [0, 0.05) is 29.0 Å². The molecule has 30 heavy (non-hydrogen) atoms. The summed E-state index contributed by atoms with van der Waals surface area (Å²) in [6.45, 7) is 2.02. The normalized spacial score (nSPS) is 11.9. The molecule has 150 valence electrons. The summed E-state index contributed by atoms with van der Waals surface area (Å²) in [4.78, 5) is 4.64. The molecular formula is C22H18N4O3S. The van der Waals surface area contributed by atoms with Crippen LogP contribution in [0.4, 0.5) is 5.69 Å². The fraction of sp³-hybridized carbons (Fsp3) is 0.0909. The Hall–Kier alpha value is -3.65. The Morgan fingerprint density at radius 3 is 2.83 bits per heavy atom. The van der Waals surface area contributed by atoms with E-state index in [0.29, 0.717) is 22.4 Å². The number of hydrogen-bond acceptors (Lipinski definition) is 5. The van der Waals surface area contributed by atoms with Gasteiger partial charge in [-0.3, -0.25) is 4.72 Å². The lowest BCUT2D eigenvalue weighted by atomic mass is 10.1. The van der Waals surface area contributed by atoms with Gasteiger partial charge in [-0.1, -0.05) is 29.4 Å². The number of fused-ring (bicyclic) bond motifs is 2. The van der Waals surface area contributed by atoms with Crippen LogP contribution in [0.5, 0.6) is 0 Å². The van der Waals surface area contributed by atoms with Gasteiger partial charge >= 0.3 is 0 Å². The maximum Gasteiger partial charge on any atom is 0.238 e. The lowest BCUT2D eigenvalue weighted by molar-refractivity contribution is 0.448. The third kappa shape index (κ3) is 3.53. The zero-order chi connectivity index (χ0) is 20.7. The Morgan fingerprint density at radius 2 is 1.93 bits per heavy atom. The Kier molecular flexibility index (Phi) is 4.29. The smallest absolute Gasteiger partial charge is 0.238 e. The zero-order valence-corrected chi connectivity index (χ0v) is 16.9. The third-order valence-corrected chi connectivity index (χ3v) is 6.03. The molecule has 0 unspecified atom stereocenters. The SMILES string of the molecule is Cc1ccn2cc(-c3cccc(NS(=O)(=O)Cc4noc5ccccc45)c3)nc2c1. The first-order valence-electron chi connectivity index (χ1n) is 9.36. The van der Waals surface area contributed by atoms with Crippen LogP contribution in [0.2, 0.25) is 0 Å². The molecule has 0 aliphatic heterocycles. The number of pyridine rings is 1. The first-order valence-corrected chi connectivity index (χ1v) is 11.0. The topological polar surface area (TPSA) is 89.5 Å². The molecule has 0 amide bonds. The molecule has 3 aromatic heterocycles. The van der Waals surface area contributed by atoms with Crippen LogP contribution < -0.4 is 4.72 Å². The molecule has 0 radical (unpaired) electrons. The van der Waals surface area contributed by atoms with Crippen LogP contribution in [0.25, 0.3) is 27.9 Å². The highest BCUT2D eigenvalue weighted by Gasteiger charge is 2.18. The van der Waals surface area contributed by atoms with Crippen LogP contribution in [0.15, 0.2) is 77.6 Å². The highest BCUT2D eigenvalue weighted by atomic mass is 32.2. The van der Waals surface area contributed by atoms with Gasteiger partial charge in [-0.2, -0.15) is 0 Å². The first-order chi connectivity index (χ1) is 14.5. The van der Waals surface area contributed by atoms with E-state index in [2.05, 4.69) is 14.9 Å². The molecule has 5 rings (SSSR count). The molecule has 0 spiro atoms. The van der Waals surface area contributed by atoms with E-state index in [0.717, 1.165) is 22.5 Å². The van der Waals surface area contributed by atoms with E-state index in [-0.39, 0.29) is 5.75 Å². The number of rotatable bonds is 5. The monoisotopic (exact) mass is 418 g/mol. The third-order valence-electron chi connectivity index (χ3n) is 4.83. The Labute approximate surface area is 173 Å². The van der Waals surface area contributed by atoms with E-state index >= 15 is 0 Å². The van der Waals surface area contributed by atoms with Gasteiger partial charge in [0.2, 0.25) is 10.0 Å². The van der Waals surface area contributed by atoms with E-state index in [1.165, 1.54) is 0 Å². The maximum atomic E-state index is 12.7. The highest BCUT2D eigenvalue weighted by Crippen LogP contribution is 2.25. The molecule has 3 heterocycles. The number of aryl methyl sites for hydroxylation is 1. The standard InChI is InChI=1S/C22H18N4O3S/c1-15-9-10-26-13-19(23-22(26)11-15)16-5-4-6-17(12-16)25-30(27,28)14-20-18-7-2-3-8-21(18)29-24-20/h2-13,25H,14H2,1H3. The minimum absolute atomic E-state index is 0.276. The summed E-state index contributed by atoms with van der Waals surface area (Å²) < 4.78 is 35.2. The van der Waals surface area contributed by atoms with Gasteiger partial charge in [-0.05, 0) is 48.9 Å². The number of para-hydroxylation sites is 1. The summed E-state index contributed by atoms with van der Waals surface area (Å²) in [6.07, 6.45) is 3.87. The van der Waals surface area contributed by atoms with Gasteiger partial charge in [0.25, 0.3) is 0 Å². The van der Waals surface area contributed by atoms with Crippen molar-refractivity contribution in [2.75, 3.05) is 4.72 Å². The Bertz CT molecular complexity index is 1480. The molecule has 0 aliphatic carbocycles. The number of hydrogen-bond donors (Lipinski definition) is 1. The van der Waals surface area contributed by atoms with Gasteiger partial charge in [0.05, 0.1) is 5.69 Å². The summed E-state index contributed by atoms with van der Waals surface area (Å²) in [5.74, 6) is -0.276. The van der Waals surface area contributed by atoms with Crippen molar-refractivity contribution < 1.29 is 12.9 Å². The summed E-state index contributed by atoms with van der Waals surface area (Å²) in [6, 6.07) is 18.4. The van der Waals surface area contributed by atoms with Crippen LogP contribution in [0, 0.1) is 6.92 Å². The number of sulfonamides is 1. The largest absolute Gasteiger partial charge is 0.356 e. The molecule has 0 atom stereocenters. The Balaban J connectivity index is 1.42. The summed E-state index contributed by atoms with van der Waals surface area (Å²) in [7, 11) is -3.68. The summed E-state index contributed by atoms with van der Waals surface area (Å²) >= 11 is 0. The fourth-order valence-electron chi connectivity index (χ4n) is 3.40. The van der Waals surface area contributed by atoms with Gasteiger partial charge in [-0.15, -0.1) is 0 Å². The minimum Gasteiger partial charge on any atom is -0.356 e. The number of benzene rings is 2. The molecule has 7 nitrogen and oxygen atoms in total. The van der Waals surface area contributed by atoms with Crippen molar-refractivity contribution in [1.29, 1.82) is 0 Å². The molecule has 5 aromatic rings. The lowest BCUT2D eigenvalue weighted by Gasteiger charge is -2.08. The number of aromatic nitrogens is 3. The molecule has 2 aromatic carbocycles. The average Bonchev–Trinajstić information content (AvgIpc) is 3.31. The van der Waals surface area contributed by atoms with Crippen molar-refractivity contribution in [3.05, 3.63) is 84.3 Å². The number of nitrogens with one attached hydrogen (secondary N) is 1. The average molecular weight is 418 g/mol. The van der Waals surface area contributed by atoms with Crippen molar-refractivity contribution in [3.63, 3.8) is 0 Å². The highest BCUT2D eigenvalue weighted by molar-refractivity contribution is 7.91. The Morgan fingerprint density at radius 1 is 1.07 bits per heavy atom. The van der Waals surface area contributed by atoms with E-state index in [9.17, 15) is 8.42 Å². The van der Waals surface area contributed by atoms with Gasteiger partial charge in [-0.25, -0.2) is 13.4 Å². The van der Waals surface area contributed by atoms with Crippen molar-refractivity contribution in [2.45, 2.75) is 12.7 Å². The van der Waals surface area contributed by atoms with E-state index in [4.69, 9.17) is 4.52 Å². The van der Waals surface area contributed by atoms with Crippen molar-refractivity contribution in [1.82, 2.24) is 14.5 Å². The van der Waals surface area contributed by atoms with Crippen molar-refractivity contribution in [2.24, 2.45) is 0 Å². The van der Waals surface area contributed by atoms with Crippen molar-refractivity contribution >= 4 is 32.3 Å². The van der Waals surface area contributed by atoms with Gasteiger partial charge in [0.1, 0.15) is 17.1 Å². The number of imidazole rings is 1.